The fraction of sp³-hybridized carbons (Fsp3) is 0.227. The van der Waals surface area contributed by atoms with Gasteiger partial charge in [0, 0.05) is 32.6 Å². The smallest absolute Gasteiger partial charge is 0.0711 e. The fourth-order valence-electron chi connectivity index (χ4n) is 3.63. The average Bonchev–Trinajstić information content (AvgIpc) is 2.99. The lowest BCUT2D eigenvalue weighted by molar-refractivity contribution is 0.748. The van der Waals surface area contributed by atoms with Gasteiger partial charge in [0.2, 0.25) is 0 Å². The number of nitrogens with zero attached hydrogens (tertiary/aromatic N) is 1. The Bertz CT molecular complexity index is 1080. The number of halogens is 1. The van der Waals surface area contributed by atoms with Crippen LogP contribution >= 0.6 is 11.6 Å². The molecule has 0 radical (unpaired) electrons. The maximum Gasteiger partial charge on any atom is 0.0711 e. The van der Waals surface area contributed by atoms with Crippen LogP contribution in [0.3, 0.4) is 0 Å². The number of fused-ring (bicyclic) bond motifs is 2. The SMILES string of the molecule is Cc1ccc2c(-c3[nH]c4ccc(Cl)cc4c3CCCCN)cccc2n1. The Balaban J connectivity index is 1.94. The Morgan fingerprint density at radius 1 is 1.04 bits per heavy atom. The highest BCUT2D eigenvalue weighted by atomic mass is 35.5. The summed E-state index contributed by atoms with van der Waals surface area (Å²) in [5.41, 5.74) is 12.5. The van der Waals surface area contributed by atoms with Crippen molar-refractivity contribution in [3.05, 3.63) is 64.8 Å². The van der Waals surface area contributed by atoms with Gasteiger partial charge in [-0.1, -0.05) is 29.8 Å². The van der Waals surface area contributed by atoms with Gasteiger partial charge in [-0.25, -0.2) is 0 Å². The molecule has 2 aromatic carbocycles. The van der Waals surface area contributed by atoms with Gasteiger partial charge in [0.1, 0.15) is 0 Å². The third-order valence-electron chi connectivity index (χ3n) is 4.89. The summed E-state index contributed by atoms with van der Waals surface area (Å²) in [7, 11) is 0. The van der Waals surface area contributed by atoms with Crippen molar-refractivity contribution < 1.29 is 0 Å². The normalized spacial score (nSPS) is 11.5. The van der Waals surface area contributed by atoms with E-state index >= 15 is 0 Å². The average molecular weight is 364 g/mol. The minimum absolute atomic E-state index is 0.718. The molecule has 2 heterocycles. The zero-order valence-electron chi connectivity index (χ0n) is 14.8. The van der Waals surface area contributed by atoms with Crippen LogP contribution in [0.5, 0.6) is 0 Å². The number of unbranched alkanes of at least 4 members (excludes halogenated alkanes) is 1. The van der Waals surface area contributed by atoms with Crippen molar-refractivity contribution in [2.75, 3.05) is 6.54 Å². The van der Waals surface area contributed by atoms with Crippen LogP contribution in [0, 0.1) is 6.92 Å². The summed E-state index contributed by atoms with van der Waals surface area (Å²) in [5.74, 6) is 0. The first-order chi connectivity index (χ1) is 12.7. The first kappa shape index (κ1) is 17.1. The molecule has 0 aliphatic rings. The first-order valence-electron chi connectivity index (χ1n) is 9.04. The van der Waals surface area contributed by atoms with Crippen LogP contribution in [0.4, 0.5) is 0 Å². The van der Waals surface area contributed by atoms with Crippen LogP contribution < -0.4 is 5.73 Å². The van der Waals surface area contributed by atoms with E-state index < -0.39 is 0 Å². The molecule has 2 aromatic heterocycles. The molecule has 0 unspecified atom stereocenters. The standard InChI is InChI=1S/C22H22ClN3/c1-14-8-10-16-17(6-4-7-20(16)25-14)22-18(5-2-3-12-24)19-13-15(23)9-11-21(19)26-22/h4,6-11,13,26H,2-3,5,12,24H2,1H3. The molecule has 132 valence electrons. The molecule has 3 N–H and O–H groups in total. The van der Waals surface area contributed by atoms with Gasteiger partial charge in [-0.2, -0.15) is 0 Å². The van der Waals surface area contributed by atoms with Crippen LogP contribution in [-0.4, -0.2) is 16.5 Å². The predicted molar refractivity (Wildman–Crippen MR) is 111 cm³/mol. The number of hydrogen-bond donors (Lipinski definition) is 2. The minimum atomic E-state index is 0.718. The van der Waals surface area contributed by atoms with Crippen molar-refractivity contribution in [1.82, 2.24) is 9.97 Å². The van der Waals surface area contributed by atoms with E-state index in [0.717, 1.165) is 58.6 Å². The number of aromatic nitrogens is 2. The van der Waals surface area contributed by atoms with E-state index in [2.05, 4.69) is 52.4 Å². The number of hydrogen-bond acceptors (Lipinski definition) is 2. The molecule has 26 heavy (non-hydrogen) atoms. The number of benzene rings is 2. The van der Waals surface area contributed by atoms with E-state index in [4.69, 9.17) is 17.3 Å². The number of rotatable bonds is 5. The highest BCUT2D eigenvalue weighted by molar-refractivity contribution is 6.31. The van der Waals surface area contributed by atoms with Crippen molar-refractivity contribution in [2.24, 2.45) is 5.73 Å². The molecule has 0 aliphatic heterocycles. The Hall–Kier alpha value is -2.36. The predicted octanol–water partition coefficient (Wildman–Crippen LogP) is 5.63. The number of aromatic amines is 1. The largest absolute Gasteiger partial charge is 0.354 e. The van der Waals surface area contributed by atoms with E-state index in [0.29, 0.717) is 0 Å². The second-order valence-corrected chi connectivity index (χ2v) is 7.18. The Morgan fingerprint density at radius 3 is 2.77 bits per heavy atom. The lowest BCUT2D eigenvalue weighted by atomic mass is 9.97. The Kier molecular flexibility index (Phi) is 4.66. The van der Waals surface area contributed by atoms with Gasteiger partial charge < -0.3 is 10.7 Å². The summed E-state index contributed by atoms with van der Waals surface area (Å²) in [6, 6.07) is 16.6. The molecule has 0 spiro atoms. The van der Waals surface area contributed by atoms with Gasteiger partial charge in [0.15, 0.2) is 0 Å². The van der Waals surface area contributed by atoms with Gasteiger partial charge in [0.25, 0.3) is 0 Å². The summed E-state index contributed by atoms with van der Waals surface area (Å²) < 4.78 is 0. The minimum Gasteiger partial charge on any atom is -0.354 e. The van der Waals surface area contributed by atoms with Gasteiger partial charge in [-0.15, -0.1) is 0 Å². The van der Waals surface area contributed by atoms with Crippen molar-refractivity contribution in [3.8, 4) is 11.3 Å². The third-order valence-corrected chi connectivity index (χ3v) is 5.12. The monoisotopic (exact) mass is 363 g/mol. The van der Waals surface area contributed by atoms with Crippen molar-refractivity contribution in [2.45, 2.75) is 26.2 Å². The number of H-pyrrole nitrogens is 1. The molecule has 0 amide bonds. The highest BCUT2D eigenvalue weighted by Crippen LogP contribution is 2.36. The first-order valence-corrected chi connectivity index (χ1v) is 9.42. The number of pyridine rings is 1. The Morgan fingerprint density at radius 2 is 1.92 bits per heavy atom. The van der Waals surface area contributed by atoms with Gasteiger partial charge >= 0.3 is 0 Å². The maximum atomic E-state index is 6.28. The molecule has 4 aromatic rings. The number of nitrogens with one attached hydrogen (secondary N) is 1. The van der Waals surface area contributed by atoms with Crippen LogP contribution in [0.2, 0.25) is 5.02 Å². The summed E-state index contributed by atoms with van der Waals surface area (Å²) in [6.07, 6.45) is 3.05. The van der Waals surface area contributed by atoms with Crippen molar-refractivity contribution >= 4 is 33.4 Å². The molecule has 3 nitrogen and oxygen atoms in total. The zero-order chi connectivity index (χ0) is 18.1. The van der Waals surface area contributed by atoms with Crippen molar-refractivity contribution in [3.63, 3.8) is 0 Å². The molecule has 0 fully saturated rings. The lowest BCUT2D eigenvalue weighted by Crippen LogP contribution is -1.99. The number of nitrogens with two attached hydrogens (primary N) is 1. The van der Waals surface area contributed by atoms with E-state index in [-0.39, 0.29) is 0 Å². The second kappa shape index (κ2) is 7.10. The topological polar surface area (TPSA) is 54.7 Å². The van der Waals surface area contributed by atoms with Crippen LogP contribution in [0.15, 0.2) is 48.5 Å². The van der Waals surface area contributed by atoms with Gasteiger partial charge in [-0.05, 0) is 68.6 Å². The van der Waals surface area contributed by atoms with E-state index in [1.165, 1.54) is 16.5 Å². The summed E-state index contributed by atoms with van der Waals surface area (Å²) in [4.78, 5) is 8.31. The van der Waals surface area contributed by atoms with Crippen molar-refractivity contribution in [1.29, 1.82) is 0 Å². The number of aryl methyl sites for hydroxylation is 2. The van der Waals surface area contributed by atoms with Gasteiger partial charge in [-0.3, -0.25) is 4.98 Å². The van der Waals surface area contributed by atoms with Gasteiger partial charge in [0.05, 0.1) is 11.2 Å². The highest BCUT2D eigenvalue weighted by Gasteiger charge is 2.15. The lowest BCUT2D eigenvalue weighted by Gasteiger charge is -2.09. The second-order valence-electron chi connectivity index (χ2n) is 6.74. The zero-order valence-corrected chi connectivity index (χ0v) is 15.6. The van der Waals surface area contributed by atoms with E-state index in [1.807, 2.05) is 13.0 Å². The van der Waals surface area contributed by atoms with E-state index in [9.17, 15) is 0 Å². The molecule has 4 rings (SSSR count). The molecule has 0 atom stereocenters. The quantitative estimate of drug-likeness (QED) is 0.452. The molecule has 0 saturated carbocycles. The summed E-state index contributed by atoms with van der Waals surface area (Å²) in [5, 5.41) is 3.12. The molecule has 0 bridgehead atoms. The van der Waals surface area contributed by atoms with Crippen LogP contribution in [0.25, 0.3) is 33.1 Å². The summed E-state index contributed by atoms with van der Waals surface area (Å²) >= 11 is 6.28. The molecule has 0 aliphatic carbocycles. The van der Waals surface area contributed by atoms with E-state index in [1.54, 1.807) is 0 Å². The molecular formula is C22H22ClN3. The molecule has 4 heteroatoms. The fourth-order valence-corrected chi connectivity index (χ4v) is 3.80. The van der Waals surface area contributed by atoms with Crippen LogP contribution in [-0.2, 0) is 6.42 Å². The molecular weight excluding hydrogens is 342 g/mol. The maximum absolute atomic E-state index is 6.28. The Labute approximate surface area is 158 Å². The van der Waals surface area contributed by atoms with Crippen LogP contribution in [0.1, 0.15) is 24.1 Å². The summed E-state index contributed by atoms with van der Waals surface area (Å²) in [6.45, 7) is 2.74. The molecule has 0 saturated heterocycles. The third kappa shape index (κ3) is 3.09.